The summed E-state index contributed by atoms with van der Waals surface area (Å²) in [6.45, 7) is 3.89. The van der Waals surface area contributed by atoms with Gasteiger partial charge in [0.05, 0.1) is 11.4 Å². The van der Waals surface area contributed by atoms with Crippen molar-refractivity contribution in [1.82, 2.24) is 4.90 Å². The Hall–Kier alpha value is -2.66. The van der Waals surface area contributed by atoms with Crippen LogP contribution in [0.15, 0.2) is 54.6 Å². The second kappa shape index (κ2) is 7.94. The van der Waals surface area contributed by atoms with Crippen LogP contribution < -0.4 is 10.2 Å². The van der Waals surface area contributed by atoms with Gasteiger partial charge in [-0.3, -0.25) is 4.79 Å². The van der Waals surface area contributed by atoms with Gasteiger partial charge in [0.25, 0.3) is 0 Å². The standard InChI is InChI=1S/C20H22FN3O/c1-23-12-14-24(15-13-23)19-5-3-2-4-18(19)22-20(25)11-8-16-6-9-17(21)10-7-16/h2-11H,12-15H2,1H3,(H,22,25)/b11-8+. The normalized spacial score (nSPS) is 15.5. The summed E-state index contributed by atoms with van der Waals surface area (Å²) in [6.07, 6.45) is 3.14. The highest BCUT2D eigenvalue weighted by atomic mass is 19.1. The second-order valence-corrected chi connectivity index (χ2v) is 6.18. The van der Waals surface area contributed by atoms with Crippen molar-refractivity contribution in [1.29, 1.82) is 0 Å². The molecule has 0 unspecified atom stereocenters. The number of nitrogens with one attached hydrogen (secondary N) is 1. The molecule has 0 aliphatic carbocycles. The van der Waals surface area contributed by atoms with Crippen LogP contribution in [-0.4, -0.2) is 44.0 Å². The van der Waals surface area contributed by atoms with E-state index in [-0.39, 0.29) is 11.7 Å². The van der Waals surface area contributed by atoms with Crippen molar-refractivity contribution in [2.45, 2.75) is 0 Å². The monoisotopic (exact) mass is 339 g/mol. The third-order valence-electron chi connectivity index (χ3n) is 4.30. The van der Waals surface area contributed by atoms with Gasteiger partial charge in [-0.2, -0.15) is 0 Å². The molecule has 3 rings (SSSR count). The summed E-state index contributed by atoms with van der Waals surface area (Å²) >= 11 is 0. The first-order valence-electron chi connectivity index (χ1n) is 8.39. The number of amides is 1. The molecule has 0 saturated carbocycles. The lowest BCUT2D eigenvalue weighted by atomic mass is 10.2. The van der Waals surface area contributed by atoms with Crippen LogP contribution in [0.3, 0.4) is 0 Å². The van der Waals surface area contributed by atoms with Crippen LogP contribution in [-0.2, 0) is 4.79 Å². The number of halogens is 1. The van der Waals surface area contributed by atoms with E-state index < -0.39 is 0 Å². The van der Waals surface area contributed by atoms with Crippen molar-refractivity contribution in [3.05, 3.63) is 66.0 Å². The molecule has 0 atom stereocenters. The molecule has 0 bridgehead atoms. The molecule has 2 aromatic rings. The Morgan fingerprint density at radius 3 is 2.44 bits per heavy atom. The maximum Gasteiger partial charge on any atom is 0.248 e. The highest BCUT2D eigenvalue weighted by molar-refractivity contribution is 6.03. The highest BCUT2D eigenvalue weighted by Crippen LogP contribution is 2.26. The molecule has 1 N–H and O–H groups in total. The van der Waals surface area contributed by atoms with Gasteiger partial charge in [0.15, 0.2) is 0 Å². The van der Waals surface area contributed by atoms with E-state index in [0.29, 0.717) is 0 Å². The van der Waals surface area contributed by atoms with Crippen LogP contribution in [0.5, 0.6) is 0 Å². The predicted octanol–water partition coefficient (Wildman–Crippen LogP) is 3.23. The summed E-state index contributed by atoms with van der Waals surface area (Å²) in [5, 5.41) is 2.95. The quantitative estimate of drug-likeness (QED) is 0.869. The zero-order chi connectivity index (χ0) is 17.6. The SMILES string of the molecule is CN1CCN(c2ccccc2NC(=O)/C=C/c2ccc(F)cc2)CC1. The lowest BCUT2D eigenvalue weighted by Gasteiger charge is -2.35. The van der Waals surface area contributed by atoms with Gasteiger partial charge in [-0.15, -0.1) is 0 Å². The van der Waals surface area contributed by atoms with Crippen molar-refractivity contribution >= 4 is 23.4 Å². The molecule has 0 spiro atoms. The molecule has 130 valence electrons. The summed E-state index contributed by atoms with van der Waals surface area (Å²) in [6, 6.07) is 13.9. The molecule has 1 saturated heterocycles. The van der Waals surface area contributed by atoms with Gasteiger partial charge in [-0.1, -0.05) is 24.3 Å². The molecule has 5 heteroatoms. The minimum Gasteiger partial charge on any atom is -0.367 e. The summed E-state index contributed by atoms with van der Waals surface area (Å²) < 4.78 is 12.9. The summed E-state index contributed by atoms with van der Waals surface area (Å²) in [7, 11) is 2.12. The maximum atomic E-state index is 12.9. The average molecular weight is 339 g/mol. The predicted molar refractivity (Wildman–Crippen MR) is 100 cm³/mol. The third kappa shape index (κ3) is 4.67. The Morgan fingerprint density at radius 2 is 1.72 bits per heavy atom. The fourth-order valence-corrected chi connectivity index (χ4v) is 2.82. The number of para-hydroxylation sites is 2. The van der Waals surface area contributed by atoms with E-state index in [9.17, 15) is 9.18 Å². The fourth-order valence-electron chi connectivity index (χ4n) is 2.82. The van der Waals surface area contributed by atoms with E-state index in [4.69, 9.17) is 0 Å². The Bertz CT molecular complexity index is 750. The van der Waals surface area contributed by atoms with Crippen LogP contribution in [0.25, 0.3) is 6.08 Å². The number of piperazine rings is 1. The van der Waals surface area contributed by atoms with Crippen molar-refractivity contribution in [2.24, 2.45) is 0 Å². The molecular weight excluding hydrogens is 317 g/mol. The van der Waals surface area contributed by atoms with E-state index >= 15 is 0 Å². The van der Waals surface area contributed by atoms with Crippen LogP contribution in [0.4, 0.5) is 15.8 Å². The van der Waals surface area contributed by atoms with Gasteiger partial charge < -0.3 is 15.1 Å². The third-order valence-corrected chi connectivity index (χ3v) is 4.30. The van der Waals surface area contributed by atoms with Crippen molar-refractivity contribution in [3.8, 4) is 0 Å². The number of carbonyl (C=O) groups is 1. The molecule has 0 aromatic heterocycles. The number of carbonyl (C=O) groups excluding carboxylic acids is 1. The molecule has 1 fully saturated rings. The lowest BCUT2D eigenvalue weighted by molar-refractivity contribution is -0.111. The summed E-state index contributed by atoms with van der Waals surface area (Å²) in [5.41, 5.74) is 2.63. The Balaban J connectivity index is 1.68. The van der Waals surface area contributed by atoms with Gasteiger partial charge in [-0.05, 0) is 43.0 Å². The van der Waals surface area contributed by atoms with Crippen LogP contribution in [0, 0.1) is 5.82 Å². The number of benzene rings is 2. The van der Waals surface area contributed by atoms with E-state index in [2.05, 4.69) is 22.2 Å². The Labute approximate surface area is 147 Å². The minimum atomic E-state index is -0.289. The number of anilines is 2. The Kier molecular flexibility index (Phi) is 5.46. The molecule has 4 nitrogen and oxygen atoms in total. The van der Waals surface area contributed by atoms with E-state index in [1.165, 1.54) is 18.2 Å². The van der Waals surface area contributed by atoms with Crippen molar-refractivity contribution in [3.63, 3.8) is 0 Å². The van der Waals surface area contributed by atoms with Gasteiger partial charge in [0, 0.05) is 32.3 Å². The van der Waals surface area contributed by atoms with E-state index in [1.807, 2.05) is 24.3 Å². The van der Waals surface area contributed by atoms with Gasteiger partial charge >= 0.3 is 0 Å². The fraction of sp³-hybridized carbons (Fsp3) is 0.250. The summed E-state index contributed by atoms with van der Waals surface area (Å²) in [5.74, 6) is -0.492. The van der Waals surface area contributed by atoms with Crippen molar-refractivity contribution < 1.29 is 9.18 Å². The van der Waals surface area contributed by atoms with E-state index in [0.717, 1.165) is 43.1 Å². The first-order chi connectivity index (χ1) is 12.1. The smallest absolute Gasteiger partial charge is 0.248 e. The molecular formula is C20H22FN3O. The zero-order valence-corrected chi connectivity index (χ0v) is 14.3. The molecule has 1 heterocycles. The van der Waals surface area contributed by atoms with E-state index in [1.54, 1.807) is 18.2 Å². The number of hydrogen-bond acceptors (Lipinski definition) is 3. The molecule has 1 aliphatic rings. The molecule has 2 aromatic carbocycles. The Morgan fingerprint density at radius 1 is 1.04 bits per heavy atom. The maximum absolute atomic E-state index is 12.9. The van der Waals surface area contributed by atoms with Crippen LogP contribution in [0.1, 0.15) is 5.56 Å². The zero-order valence-electron chi connectivity index (χ0n) is 14.3. The number of likely N-dealkylation sites (N-methyl/N-ethyl adjacent to an activating group) is 1. The topological polar surface area (TPSA) is 35.6 Å². The van der Waals surface area contributed by atoms with Crippen LogP contribution >= 0.6 is 0 Å². The first-order valence-corrected chi connectivity index (χ1v) is 8.39. The number of hydrogen-bond donors (Lipinski definition) is 1. The largest absolute Gasteiger partial charge is 0.367 e. The minimum absolute atomic E-state index is 0.203. The highest BCUT2D eigenvalue weighted by Gasteiger charge is 2.17. The molecule has 25 heavy (non-hydrogen) atoms. The number of nitrogens with zero attached hydrogens (tertiary/aromatic N) is 2. The molecule has 1 amide bonds. The van der Waals surface area contributed by atoms with Crippen molar-refractivity contribution in [2.75, 3.05) is 43.4 Å². The second-order valence-electron chi connectivity index (χ2n) is 6.18. The van der Waals surface area contributed by atoms with Crippen LogP contribution in [0.2, 0.25) is 0 Å². The molecule has 0 radical (unpaired) electrons. The number of rotatable bonds is 4. The van der Waals surface area contributed by atoms with Gasteiger partial charge in [0.1, 0.15) is 5.82 Å². The summed E-state index contributed by atoms with van der Waals surface area (Å²) in [4.78, 5) is 16.8. The van der Waals surface area contributed by atoms with Gasteiger partial charge in [0.2, 0.25) is 5.91 Å². The average Bonchev–Trinajstić information content (AvgIpc) is 2.63. The lowest BCUT2D eigenvalue weighted by Crippen LogP contribution is -2.44. The molecule has 1 aliphatic heterocycles. The first kappa shape index (κ1) is 17.2. The van der Waals surface area contributed by atoms with Gasteiger partial charge in [-0.25, -0.2) is 4.39 Å².